The van der Waals surface area contributed by atoms with Gasteiger partial charge in [-0.1, -0.05) is 19.4 Å². The number of aromatic nitrogens is 2. The number of carbonyl (C=O) groups is 2. The zero-order valence-corrected chi connectivity index (χ0v) is 13.8. The van der Waals surface area contributed by atoms with Gasteiger partial charge in [0.2, 0.25) is 5.82 Å². The van der Waals surface area contributed by atoms with Crippen LogP contribution >= 0.6 is 0 Å². The van der Waals surface area contributed by atoms with Crippen molar-refractivity contribution in [2.24, 2.45) is 0 Å². The van der Waals surface area contributed by atoms with Gasteiger partial charge >= 0.3 is 0 Å². The number of nitrogens with zero attached hydrogens (tertiary/aromatic N) is 3. The maximum Gasteiger partial charge on any atom is 0.290 e. The summed E-state index contributed by atoms with van der Waals surface area (Å²) >= 11 is 0. The molecule has 0 bridgehead atoms. The van der Waals surface area contributed by atoms with Crippen molar-refractivity contribution in [2.45, 2.75) is 19.8 Å². The minimum atomic E-state index is -0.242. The quantitative estimate of drug-likeness (QED) is 0.840. The zero-order valence-electron chi connectivity index (χ0n) is 13.8. The standard InChI is InChI=1S/C17H22N4O3/c1-2-3-7-18-16(22)14-13-6-4-5-8-21(13)15(19-14)17(23)20-9-11-24-12-10-20/h4-6,8H,2-3,7,9-12H2,1H3,(H,18,22). The number of unbranched alkanes of at least 4 members (excludes halogenated alkanes) is 1. The molecule has 1 N–H and O–H groups in total. The van der Waals surface area contributed by atoms with E-state index in [-0.39, 0.29) is 17.6 Å². The summed E-state index contributed by atoms with van der Waals surface area (Å²) in [5.74, 6) is -0.145. The first kappa shape index (κ1) is 16.4. The molecule has 2 aromatic heterocycles. The van der Waals surface area contributed by atoms with Crippen LogP contribution in [-0.4, -0.2) is 58.9 Å². The van der Waals surface area contributed by atoms with Crippen LogP contribution < -0.4 is 5.32 Å². The molecule has 7 heteroatoms. The summed E-state index contributed by atoms with van der Waals surface area (Å²) in [7, 11) is 0. The molecule has 3 rings (SSSR count). The van der Waals surface area contributed by atoms with E-state index >= 15 is 0 Å². The average molecular weight is 330 g/mol. The van der Waals surface area contributed by atoms with Crippen molar-refractivity contribution in [1.82, 2.24) is 19.6 Å². The van der Waals surface area contributed by atoms with Gasteiger partial charge in [-0.2, -0.15) is 0 Å². The highest BCUT2D eigenvalue weighted by atomic mass is 16.5. The lowest BCUT2D eigenvalue weighted by Crippen LogP contribution is -2.41. The fourth-order valence-corrected chi connectivity index (χ4v) is 2.73. The van der Waals surface area contributed by atoms with Gasteiger partial charge in [-0.05, 0) is 18.6 Å². The Kier molecular flexibility index (Phi) is 5.10. The maximum atomic E-state index is 12.8. The van der Waals surface area contributed by atoms with E-state index in [4.69, 9.17) is 4.74 Å². The van der Waals surface area contributed by atoms with Crippen LogP contribution in [0.25, 0.3) is 5.52 Å². The topological polar surface area (TPSA) is 75.9 Å². The SMILES string of the molecule is CCCCNC(=O)c1nc(C(=O)N2CCOCC2)n2ccccc12. The van der Waals surface area contributed by atoms with Gasteiger partial charge in [0.15, 0.2) is 5.69 Å². The lowest BCUT2D eigenvalue weighted by molar-refractivity contribution is 0.0294. The molecule has 0 aliphatic carbocycles. The first-order valence-corrected chi connectivity index (χ1v) is 8.34. The molecule has 0 unspecified atom stereocenters. The molecule has 0 radical (unpaired) electrons. The largest absolute Gasteiger partial charge is 0.378 e. The van der Waals surface area contributed by atoms with Crippen LogP contribution in [0.1, 0.15) is 40.9 Å². The van der Waals surface area contributed by atoms with Crippen LogP contribution in [-0.2, 0) is 4.74 Å². The number of hydrogen-bond acceptors (Lipinski definition) is 4. The van der Waals surface area contributed by atoms with Crippen LogP contribution in [0.2, 0.25) is 0 Å². The van der Waals surface area contributed by atoms with E-state index in [1.165, 1.54) is 0 Å². The van der Waals surface area contributed by atoms with Crippen molar-refractivity contribution >= 4 is 17.3 Å². The number of imidazole rings is 1. The normalized spacial score (nSPS) is 14.8. The molecule has 128 valence electrons. The third-order valence-electron chi connectivity index (χ3n) is 4.07. The van der Waals surface area contributed by atoms with E-state index < -0.39 is 0 Å². The van der Waals surface area contributed by atoms with Crippen LogP contribution in [0, 0.1) is 0 Å². The van der Waals surface area contributed by atoms with Gasteiger partial charge in [-0.3, -0.25) is 14.0 Å². The predicted octanol–water partition coefficient (Wildman–Crippen LogP) is 1.34. The molecule has 3 heterocycles. The van der Waals surface area contributed by atoms with E-state index in [0.29, 0.717) is 44.1 Å². The molecule has 1 fully saturated rings. The summed E-state index contributed by atoms with van der Waals surface area (Å²) in [6.45, 7) is 4.81. The number of ether oxygens (including phenoxy) is 1. The highest BCUT2D eigenvalue weighted by Crippen LogP contribution is 2.15. The van der Waals surface area contributed by atoms with Crippen LogP contribution in [0.3, 0.4) is 0 Å². The molecule has 0 saturated carbocycles. The summed E-state index contributed by atoms with van der Waals surface area (Å²) in [5.41, 5.74) is 0.937. The smallest absolute Gasteiger partial charge is 0.290 e. The van der Waals surface area contributed by atoms with Gasteiger partial charge in [0, 0.05) is 25.8 Å². The minimum absolute atomic E-state index is 0.174. The number of rotatable bonds is 5. The Morgan fingerprint density at radius 2 is 2.08 bits per heavy atom. The van der Waals surface area contributed by atoms with Gasteiger partial charge in [-0.25, -0.2) is 4.98 Å². The Morgan fingerprint density at radius 3 is 2.83 bits per heavy atom. The molecule has 0 atom stereocenters. The second-order valence-corrected chi connectivity index (χ2v) is 5.75. The molecule has 24 heavy (non-hydrogen) atoms. The number of carbonyl (C=O) groups excluding carboxylic acids is 2. The molecule has 1 saturated heterocycles. The van der Waals surface area contributed by atoms with E-state index in [9.17, 15) is 9.59 Å². The summed E-state index contributed by atoms with van der Waals surface area (Å²) in [4.78, 5) is 31.3. The van der Waals surface area contributed by atoms with Crippen molar-refractivity contribution in [3.8, 4) is 0 Å². The summed E-state index contributed by atoms with van der Waals surface area (Å²) < 4.78 is 6.97. The van der Waals surface area contributed by atoms with Crippen molar-refractivity contribution in [3.63, 3.8) is 0 Å². The van der Waals surface area contributed by atoms with Crippen LogP contribution in [0.15, 0.2) is 24.4 Å². The van der Waals surface area contributed by atoms with E-state index in [0.717, 1.165) is 12.8 Å². The Labute approximate surface area is 140 Å². The third-order valence-corrected chi connectivity index (χ3v) is 4.07. The van der Waals surface area contributed by atoms with Crippen molar-refractivity contribution in [3.05, 3.63) is 35.9 Å². The highest BCUT2D eigenvalue weighted by Gasteiger charge is 2.26. The lowest BCUT2D eigenvalue weighted by atomic mass is 10.3. The second-order valence-electron chi connectivity index (χ2n) is 5.75. The molecule has 0 spiro atoms. The lowest BCUT2D eigenvalue weighted by Gasteiger charge is -2.26. The molecular weight excluding hydrogens is 308 g/mol. The number of nitrogens with one attached hydrogen (secondary N) is 1. The average Bonchev–Trinajstić information content (AvgIpc) is 3.02. The second kappa shape index (κ2) is 7.44. The fraction of sp³-hybridized carbons (Fsp3) is 0.471. The van der Waals surface area contributed by atoms with E-state index in [2.05, 4.69) is 17.2 Å². The monoisotopic (exact) mass is 330 g/mol. The minimum Gasteiger partial charge on any atom is -0.378 e. The zero-order chi connectivity index (χ0) is 16.9. The Morgan fingerprint density at radius 1 is 1.29 bits per heavy atom. The molecule has 2 aromatic rings. The number of amides is 2. The van der Waals surface area contributed by atoms with Crippen LogP contribution in [0.5, 0.6) is 0 Å². The van der Waals surface area contributed by atoms with Crippen molar-refractivity contribution in [2.75, 3.05) is 32.8 Å². The molecular formula is C17H22N4O3. The van der Waals surface area contributed by atoms with Crippen molar-refractivity contribution in [1.29, 1.82) is 0 Å². The summed E-state index contributed by atoms with van der Waals surface area (Å²) in [6.07, 6.45) is 3.68. The highest BCUT2D eigenvalue weighted by molar-refractivity contribution is 6.02. The van der Waals surface area contributed by atoms with Gasteiger partial charge in [0.25, 0.3) is 11.8 Å². The number of pyridine rings is 1. The van der Waals surface area contributed by atoms with Crippen LogP contribution in [0.4, 0.5) is 0 Å². The molecule has 1 aliphatic rings. The Balaban J connectivity index is 1.91. The van der Waals surface area contributed by atoms with Gasteiger partial charge in [0.05, 0.1) is 18.7 Å². The predicted molar refractivity (Wildman–Crippen MR) is 89.2 cm³/mol. The third kappa shape index (κ3) is 3.26. The molecule has 1 aliphatic heterocycles. The van der Waals surface area contributed by atoms with Crippen molar-refractivity contribution < 1.29 is 14.3 Å². The molecule has 0 aromatic carbocycles. The van der Waals surface area contributed by atoms with E-state index in [1.807, 2.05) is 12.1 Å². The Bertz CT molecular complexity index is 735. The Hall–Kier alpha value is -2.41. The van der Waals surface area contributed by atoms with Gasteiger partial charge in [-0.15, -0.1) is 0 Å². The molecule has 2 amide bonds. The first-order valence-electron chi connectivity index (χ1n) is 8.34. The number of fused-ring (bicyclic) bond motifs is 1. The summed E-state index contributed by atoms with van der Waals surface area (Å²) in [6, 6.07) is 5.46. The van der Waals surface area contributed by atoms with Gasteiger partial charge in [0.1, 0.15) is 0 Å². The number of morpholine rings is 1. The van der Waals surface area contributed by atoms with E-state index in [1.54, 1.807) is 21.6 Å². The number of hydrogen-bond donors (Lipinski definition) is 1. The maximum absolute atomic E-state index is 12.8. The van der Waals surface area contributed by atoms with Gasteiger partial charge < -0.3 is 15.0 Å². The summed E-state index contributed by atoms with van der Waals surface area (Å²) in [5, 5.41) is 2.86. The first-order chi connectivity index (χ1) is 11.7. The fourth-order valence-electron chi connectivity index (χ4n) is 2.73. The molecule has 7 nitrogen and oxygen atoms in total.